The standard InChI is InChI=1S/C14H19N3O2/c1-14(2,3)12-13(19)17(9-11(18)16-12)8-10-5-4-6-15-7-10/h4-7,12H,8-9H2,1-3H3,(H,16,18). The minimum atomic E-state index is -0.467. The molecule has 1 saturated heterocycles. The van der Waals surface area contributed by atoms with Gasteiger partial charge in [0.2, 0.25) is 11.8 Å². The second-order valence-corrected chi connectivity index (χ2v) is 5.92. The molecule has 102 valence electrons. The molecule has 1 aromatic heterocycles. The number of amides is 2. The quantitative estimate of drug-likeness (QED) is 0.862. The van der Waals surface area contributed by atoms with E-state index in [1.165, 1.54) is 0 Å². The normalized spacial score (nSPS) is 20.4. The minimum absolute atomic E-state index is 0.0315. The van der Waals surface area contributed by atoms with Crippen LogP contribution in [0.1, 0.15) is 26.3 Å². The lowest BCUT2D eigenvalue weighted by molar-refractivity contribution is -0.147. The molecule has 2 amide bonds. The highest BCUT2D eigenvalue weighted by molar-refractivity contribution is 5.95. The number of nitrogens with one attached hydrogen (secondary N) is 1. The first-order chi connectivity index (χ1) is 8.88. The molecule has 1 N–H and O–H groups in total. The van der Waals surface area contributed by atoms with Crippen molar-refractivity contribution < 1.29 is 9.59 Å². The highest BCUT2D eigenvalue weighted by Crippen LogP contribution is 2.23. The predicted molar refractivity (Wildman–Crippen MR) is 71.0 cm³/mol. The summed E-state index contributed by atoms with van der Waals surface area (Å²) < 4.78 is 0. The van der Waals surface area contributed by atoms with Crippen LogP contribution in [0.15, 0.2) is 24.5 Å². The lowest BCUT2D eigenvalue weighted by Gasteiger charge is -2.38. The number of hydrogen-bond acceptors (Lipinski definition) is 3. The molecule has 5 heteroatoms. The average molecular weight is 261 g/mol. The number of nitrogens with zero attached hydrogens (tertiary/aromatic N) is 2. The number of hydrogen-bond donors (Lipinski definition) is 1. The summed E-state index contributed by atoms with van der Waals surface area (Å²) in [5.74, 6) is -0.139. The number of carbonyl (C=O) groups excluding carboxylic acids is 2. The zero-order valence-corrected chi connectivity index (χ0v) is 11.5. The Morgan fingerprint density at radius 3 is 2.74 bits per heavy atom. The van der Waals surface area contributed by atoms with E-state index >= 15 is 0 Å². The molecule has 0 aromatic carbocycles. The van der Waals surface area contributed by atoms with Gasteiger partial charge in [-0.2, -0.15) is 0 Å². The van der Waals surface area contributed by atoms with Crippen molar-refractivity contribution in [2.45, 2.75) is 33.4 Å². The molecule has 5 nitrogen and oxygen atoms in total. The summed E-state index contributed by atoms with van der Waals surface area (Å²) in [4.78, 5) is 29.8. The van der Waals surface area contributed by atoms with Crippen LogP contribution in [0.25, 0.3) is 0 Å². The van der Waals surface area contributed by atoms with Gasteiger partial charge >= 0.3 is 0 Å². The van der Waals surface area contributed by atoms with Crippen LogP contribution in [0.5, 0.6) is 0 Å². The van der Waals surface area contributed by atoms with Crippen molar-refractivity contribution in [1.82, 2.24) is 15.2 Å². The molecule has 2 rings (SSSR count). The Balaban J connectivity index is 2.16. The molecule has 0 saturated carbocycles. The van der Waals surface area contributed by atoms with Crippen molar-refractivity contribution >= 4 is 11.8 Å². The van der Waals surface area contributed by atoms with E-state index in [1.54, 1.807) is 17.3 Å². The third-order valence-electron chi connectivity index (χ3n) is 3.16. The summed E-state index contributed by atoms with van der Waals surface area (Å²) in [7, 11) is 0. The van der Waals surface area contributed by atoms with Crippen molar-refractivity contribution in [1.29, 1.82) is 0 Å². The molecule has 1 aromatic rings. The molecule has 0 aliphatic carbocycles. The zero-order valence-electron chi connectivity index (χ0n) is 11.5. The Bertz CT molecular complexity index is 479. The third-order valence-corrected chi connectivity index (χ3v) is 3.16. The van der Waals surface area contributed by atoms with E-state index in [1.807, 2.05) is 32.9 Å². The summed E-state index contributed by atoms with van der Waals surface area (Å²) >= 11 is 0. The number of pyridine rings is 1. The maximum atomic E-state index is 12.4. The summed E-state index contributed by atoms with van der Waals surface area (Å²) in [5, 5.41) is 2.78. The van der Waals surface area contributed by atoms with E-state index in [4.69, 9.17) is 0 Å². The molecule has 0 radical (unpaired) electrons. The highest BCUT2D eigenvalue weighted by atomic mass is 16.2. The van der Waals surface area contributed by atoms with Gasteiger partial charge in [0.25, 0.3) is 0 Å². The van der Waals surface area contributed by atoms with E-state index in [0.717, 1.165) is 5.56 Å². The van der Waals surface area contributed by atoms with Crippen LogP contribution in [0, 0.1) is 5.41 Å². The minimum Gasteiger partial charge on any atom is -0.342 e. The van der Waals surface area contributed by atoms with Crippen LogP contribution in [-0.4, -0.2) is 34.3 Å². The van der Waals surface area contributed by atoms with Gasteiger partial charge in [0.1, 0.15) is 6.04 Å². The van der Waals surface area contributed by atoms with Crippen molar-refractivity contribution in [3.63, 3.8) is 0 Å². The van der Waals surface area contributed by atoms with Crippen LogP contribution >= 0.6 is 0 Å². The van der Waals surface area contributed by atoms with Gasteiger partial charge in [-0.25, -0.2) is 0 Å². The first-order valence-electron chi connectivity index (χ1n) is 6.35. The smallest absolute Gasteiger partial charge is 0.246 e. The van der Waals surface area contributed by atoms with Crippen LogP contribution in [0.2, 0.25) is 0 Å². The third kappa shape index (κ3) is 3.10. The zero-order chi connectivity index (χ0) is 14.0. The largest absolute Gasteiger partial charge is 0.342 e. The fourth-order valence-corrected chi connectivity index (χ4v) is 2.14. The Kier molecular flexibility index (Phi) is 3.55. The first-order valence-corrected chi connectivity index (χ1v) is 6.35. The number of piperazine rings is 1. The molecule has 1 unspecified atom stereocenters. The average Bonchev–Trinajstić information content (AvgIpc) is 2.33. The molecular formula is C14H19N3O2. The van der Waals surface area contributed by atoms with E-state index < -0.39 is 6.04 Å². The second-order valence-electron chi connectivity index (χ2n) is 5.92. The Hall–Kier alpha value is -1.91. The molecule has 0 spiro atoms. The van der Waals surface area contributed by atoms with Crippen LogP contribution in [0.4, 0.5) is 0 Å². The van der Waals surface area contributed by atoms with Gasteiger partial charge in [-0.05, 0) is 17.0 Å². The Labute approximate surface area is 113 Å². The second kappa shape index (κ2) is 4.99. The fraction of sp³-hybridized carbons (Fsp3) is 0.500. The van der Waals surface area contributed by atoms with Crippen molar-refractivity contribution in [3.05, 3.63) is 30.1 Å². The Morgan fingerprint density at radius 2 is 2.16 bits per heavy atom. The van der Waals surface area contributed by atoms with Crippen LogP contribution in [0.3, 0.4) is 0 Å². The first kappa shape index (κ1) is 13.5. The van der Waals surface area contributed by atoms with Gasteiger partial charge in [0.15, 0.2) is 0 Å². The van der Waals surface area contributed by atoms with Gasteiger partial charge in [-0.3, -0.25) is 14.6 Å². The summed E-state index contributed by atoms with van der Waals surface area (Å²) in [6.07, 6.45) is 3.40. The van der Waals surface area contributed by atoms with Gasteiger partial charge in [-0.1, -0.05) is 26.8 Å². The van der Waals surface area contributed by atoms with Crippen molar-refractivity contribution in [3.8, 4) is 0 Å². The van der Waals surface area contributed by atoms with Crippen molar-refractivity contribution in [2.75, 3.05) is 6.54 Å². The maximum absolute atomic E-state index is 12.4. The van der Waals surface area contributed by atoms with Crippen LogP contribution in [-0.2, 0) is 16.1 Å². The van der Waals surface area contributed by atoms with Crippen LogP contribution < -0.4 is 5.32 Å². The highest BCUT2D eigenvalue weighted by Gasteiger charge is 2.39. The topological polar surface area (TPSA) is 62.3 Å². The predicted octanol–water partition coefficient (Wildman–Crippen LogP) is 0.955. The molecule has 1 aliphatic heterocycles. The lowest BCUT2D eigenvalue weighted by Crippen LogP contribution is -2.61. The molecule has 19 heavy (non-hydrogen) atoms. The SMILES string of the molecule is CC(C)(C)C1NC(=O)CN(Cc2cccnc2)C1=O. The molecule has 1 atom stereocenters. The number of aromatic nitrogens is 1. The Morgan fingerprint density at radius 1 is 1.42 bits per heavy atom. The summed E-state index contributed by atoms with van der Waals surface area (Å²) in [6.45, 7) is 6.38. The number of carbonyl (C=O) groups is 2. The van der Waals surface area contributed by atoms with Gasteiger partial charge in [0.05, 0.1) is 6.54 Å². The molecule has 1 aliphatic rings. The number of rotatable bonds is 2. The van der Waals surface area contributed by atoms with E-state index in [9.17, 15) is 9.59 Å². The molecular weight excluding hydrogens is 242 g/mol. The van der Waals surface area contributed by atoms with E-state index in [0.29, 0.717) is 6.54 Å². The van der Waals surface area contributed by atoms with Gasteiger partial charge in [-0.15, -0.1) is 0 Å². The maximum Gasteiger partial charge on any atom is 0.246 e. The summed E-state index contributed by atoms with van der Waals surface area (Å²) in [5.41, 5.74) is 0.638. The van der Waals surface area contributed by atoms with Gasteiger partial charge < -0.3 is 10.2 Å². The van der Waals surface area contributed by atoms with Crippen molar-refractivity contribution in [2.24, 2.45) is 5.41 Å². The van der Waals surface area contributed by atoms with Gasteiger partial charge in [0, 0.05) is 18.9 Å². The fourth-order valence-electron chi connectivity index (χ4n) is 2.14. The van der Waals surface area contributed by atoms with E-state index in [-0.39, 0.29) is 23.8 Å². The van der Waals surface area contributed by atoms with E-state index in [2.05, 4.69) is 10.3 Å². The molecule has 2 heterocycles. The lowest BCUT2D eigenvalue weighted by atomic mass is 9.84. The summed E-state index contributed by atoms with van der Waals surface area (Å²) in [6, 6.07) is 3.26. The monoisotopic (exact) mass is 261 g/mol. The molecule has 1 fully saturated rings. The molecule has 0 bridgehead atoms.